The molecule has 0 radical (unpaired) electrons. The Morgan fingerprint density at radius 1 is 1.23 bits per heavy atom. The fraction of sp³-hybridized carbons (Fsp3) is 0.455. The molecule has 0 saturated carbocycles. The van der Waals surface area contributed by atoms with Gasteiger partial charge in [0.1, 0.15) is 5.00 Å². The van der Waals surface area contributed by atoms with Gasteiger partial charge in [-0.3, -0.25) is 14.5 Å². The number of anilines is 2. The van der Waals surface area contributed by atoms with Crippen LogP contribution in [0.1, 0.15) is 32.8 Å². The molecule has 1 fully saturated rings. The summed E-state index contributed by atoms with van der Waals surface area (Å²) in [6, 6.07) is 8.30. The highest BCUT2D eigenvalue weighted by atomic mass is 32.1. The summed E-state index contributed by atoms with van der Waals surface area (Å²) in [5, 5.41) is 3.52. The number of nitrogens with two attached hydrogens (primary N) is 1. The van der Waals surface area contributed by atoms with E-state index < -0.39 is 5.91 Å². The molecule has 0 bridgehead atoms. The molecule has 0 atom stereocenters. The summed E-state index contributed by atoms with van der Waals surface area (Å²) in [5.74, 6) is -0.596. The number of nitrogens with one attached hydrogen (secondary N) is 1. The zero-order valence-corrected chi connectivity index (χ0v) is 18.1. The van der Waals surface area contributed by atoms with Crippen molar-refractivity contribution in [3.8, 4) is 0 Å². The van der Waals surface area contributed by atoms with Crippen molar-refractivity contribution in [3.05, 3.63) is 45.8 Å². The van der Waals surface area contributed by atoms with Gasteiger partial charge in [0.2, 0.25) is 5.91 Å². The molecule has 4 rings (SSSR count). The first-order chi connectivity index (χ1) is 14.5. The Labute approximate surface area is 180 Å². The van der Waals surface area contributed by atoms with Gasteiger partial charge in [0.25, 0.3) is 5.91 Å². The maximum absolute atomic E-state index is 12.7. The van der Waals surface area contributed by atoms with Crippen molar-refractivity contribution in [2.24, 2.45) is 5.73 Å². The summed E-state index contributed by atoms with van der Waals surface area (Å²) >= 11 is 1.49. The van der Waals surface area contributed by atoms with Crippen molar-refractivity contribution in [1.82, 2.24) is 4.90 Å². The highest BCUT2D eigenvalue weighted by Gasteiger charge is 2.26. The smallest absolute Gasteiger partial charge is 0.251 e. The zero-order valence-electron chi connectivity index (χ0n) is 17.3. The van der Waals surface area contributed by atoms with Crippen LogP contribution in [0.15, 0.2) is 24.3 Å². The largest absolute Gasteiger partial charge is 0.378 e. The molecule has 2 amide bonds. The molecule has 7 nitrogen and oxygen atoms in total. The van der Waals surface area contributed by atoms with E-state index in [1.807, 2.05) is 24.1 Å². The van der Waals surface area contributed by atoms with Gasteiger partial charge in [0, 0.05) is 30.2 Å². The third-order valence-corrected chi connectivity index (χ3v) is 6.83. The number of amides is 2. The van der Waals surface area contributed by atoms with Gasteiger partial charge in [0.05, 0.1) is 25.3 Å². The maximum Gasteiger partial charge on any atom is 0.251 e. The van der Waals surface area contributed by atoms with E-state index in [0.717, 1.165) is 51.1 Å². The van der Waals surface area contributed by atoms with Gasteiger partial charge in [-0.05, 0) is 43.5 Å². The zero-order chi connectivity index (χ0) is 21.1. The Bertz CT molecular complexity index is 936. The number of carbonyl (C=O) groups is 2. The fourth-order valence-corrected chi connectivity index (χ4v) is 5.58. The average molecular weight is 429 g/mol. The Balaban J connectivity index is 1.40. The third-order valence-electron chi connectivity index (χ3n) is 5.62. The van der Waals surface area contributed by atoms with Crippen LogP contribution in [0.2, 0.25) is 0 Å². The summed E-state index contributed by atoms with van der Waals surface area (Å²) in [6.45, 7) is 4.11. The first kappa shape index (κ1) is 20.8. The van der Waals surface area contributed by atoms with Gasteiger partial charge in [0.15, 0.2) is 0 Å². The Kier molecular flexibility index (Phi) is 6.36. The number of nitrogens with zero attached hydrogens (tertiary/aromatic N) is 2. The van der Waals surface area contributed by atoms with Crippen LogP contribution in [0.5, 0.6) is 0 Å². The predicted octanol–water partition coefficient (Wildman–Crippen LogP) is 2.24. The van der Waals surface area contributed by atoms with Crippen LogP contribution < -0.4 is 16.0 Å². The van der Waals surface area contributed by atoms with Gasteiger partial charge in [-0.2, -0.15) is 0 Å². The van der Waals surface area contributed by atoms with E-state index in [1.165, 1.54) is 27.5 Å². The molecule has 1 aliphatic heterocycles. The molecule has 2 aliphatic rings. The van der Waals surface area contributed by atoms with Crippen LogP contribution in [0.3, 0.4) is 0 Å². The van der Waals surface area contributed by atoms with Crippen LogP contribution >= 0.6 is 11.3 Å². The topological polar surface area (TPSA) is 87.9 Å². The van der Waals surface area contributed by atoms with E-state index in [0.29, 0.717) is 17.1 Å². The number of likely N-dealkylation sites (N-methyl/N-ethyl adjacent to an activating group) is 1. The van der Waals surface area contributed by atoms with Crippen LogP contribution in [-0.2, 0) is 28.9 Å². The number of carbonyl (C=O) groups excluding carboxylic acids is 2. The quantitative estimate of drug-likeness (QED) is 0.706. The molecule has 1 aliphatic carbocycles. The van der Waals surface area contributed by atoms with Gasteiger partial charge in [-0.1, -0.05) is 18.2 Å². The van der Waals surface area contributed by atoms with Crippen LogP contribution in [0, 0.1) is 0 Å². The number of fused-ring (bicyclic) bond motifs is 1. The van der Waals surface area contributed by atoms with Gasteiger partial charge in [-0.15, -0.1) is 11.3 Å². The first-order valence-electron chi connectivity index (χ1n) is 10.4. The highest BCUT2D eigenvalue weighted by molar-refractivity contribution is 7.17. The molecular weight excluding hydrogens is 400 g/mol. The lowest BCUT2D eigenvalue weighted by molar-refractivity contribution is -0.117. The minimum atomic E-state index is -0.461. The summed E-state index contributed by atoms with van der Waals surface area (Å²) in [5.41, 5.74) is 9.49. The molecule has 3 N–H and O–H groups in total. The van der Waals surface area contributed by atoms with E-state index in [4.69, 9.17) is 10.5 Å². The molecule has 1 saturated heterocycles. The lowest BCUT2D eigenvalue weighted by Gasteiger charge is -2.31. The van der Waals surface area contributed by atoms with E-state index in [9.17, 15) is 9.59 Å². The Hall–Kier alpha value is -2.42. The summed E-state index contributed by atoms with van der Waals surface area (Å²) in [7, 11) is 1.93. The van der Waals surface area contributed by atoms with Crippen LogP contribution in [0.25, 0.3) is 0 Å². The van der Waals surface area contributed by atoms with Crippen molar-refractivity contribution < 1.29 is 14.3 Å². The molecule has 1 aromatic carbocycles. The Morgan fingerprint density at radius 3 is 2.77 bits per heavy atom. The minimum Gasteiger partial charge on any atom is -0.378 e. The van der Waals surface area contributed by atoms with Gasteiger partial charge >= 0.3 is 0 Å². The molecule has 160 valence electrons. The monoisotopic (exact) mass is 428 g/mol. The van der Waals surface area contributed by atoms with E-state index >= 15 is 0 Å². The number of hydrogen-bond acceptors (Lipinski definition) is 6. The molecule has 2 heterocycles. The van der Waals surface area contributed by atoms with Crippen molar-refractivity contribution in [2.45, 2.75) is 25.8 Å². The summed E-state index contributed by atoms with van der Waals surface area (Å²) < 4.78 is 5.46. The van der Waals surface area contributed by atoms with Gasteiger partial charge < -0.3 is 20.7 Å². The summed E-state index contributed by atoms with van der Waals surface area (Å²) in [4.78, 5) is 30.1. The number of primary amides is 1. The van der Waals surface area contributed by atoms with Gasteiger partial charge in [-0.25, -0.2) is 0 Å². The molecule has 0 spiro atoms. The van der Waals surface area contributed by atoms with Crippen molar-refractivity contribution >= 4 is 33.8 Å². The predicted molar refractivity (Wildman–Crippen MR) is 119 cm³/mol. The number of rotatable bonds is 7. The molecule has 2 aromatic rings. The molecular formula is C22H28N4O3S. The second kappa shape index (κ2) is 9.16. The number of thiophene rings is 1. The number of para-hydroxylation sites is 1. The lowest BCUT2D eigenvalue weighted by Crippen LogP contribution is -2.37. The fourth-order valence-electron chi connectivity index (χ4n) is 4.27. The SMILES string of the molecule is CN(CC(=O)Nc1sc2c(c1C(N)=O)CCC2)Cc1ccccc1N1CCOCC1. The highest BCUT2D eigenvalue weighted by Crippen LogP contribution is 2.38. The number of hydrogen-bond donors (Lipinski definition) is 2. The lowest BCUT2D eigenvalue weighted by atomic mass is 10.1. The van der Waals surface area contributed by atoms with Crippen molar-refractivity contribution in [1.29, 1.82) is 0 Å². The maximum atomic E-state index is 12.7. The minimum absolute atomic E-state index is 0.135. The van der Waals surface area contributed by atoms with Crippen LogP contribution in [-0.4, -0.2) is 56.6 Å². The third kappa shape index (κ3) is 4.50. The molecule has 8 heteroatoms. The normalized spacial score (nSPS) is 16.0. The van der Waals surface area contributed by atoms with Crippen molar-refractivity contribution in [3.63, 3.8) is 0 Å². The van der Waals surface area contributed by atoms with E-state index in [2.05, 4.69) is 22.3 Å². The van der Waals surface area contributed by atoms with Crippen LogP contribution in [0.4, 0.5) is 10.7 Å². The average Bonchev–Trinajstić information content (AvgIpc) is 3.29. The second-order valence-electron chi connectivity index (χ2n) is 7.87. The molecule has 30 heavy (non-hydrogen) atoms. The molecule has 0 unspecified atom stereocenters. The van der Waals surface area contributed by atoms with E-state index in [1.54, 1.807) is 0 Å². The van der Waals surface area contributed by atoms with Crippen molar-refractivity contribution in [2.75, 3.05) is 50.1 Å². The number of benzene rings is 1. The second-order valence-corrected chi connectivity index (χ2v) is 8.98. The molecule has 1 aromatic heterocycles. The Morgan fingerprint density at radius 2 is 2.00 bits per heavy atom. The standard InChI is InChI=1S/C22H28N4O3S/c1-25(13-15-5-2-3-7-17(15)26-9-11-29-12-10-26)14-19(27)24-22-20(21(23)28)16-6-4-8-18(16)30-22/h2-3,5,7H,4,6,8-14H2,1H3,(H2,23,28)(H,24,27). The van der Waals surface area contributed by atoms with E-state index in [-0.39, 0.29) is 12.5 Å². The number of ether oxygens (including phenoxy) is 1. The first-order valence-corrected chi connectivity index (χ1v) is 11.2. The number of morpholine rings is 1. The number of aryl methyl sites for hydroxylation is 1. The summed E-state index contributed by atoms with van der Waals surface area (Å²) in [6.07, 6.45) is 2.85.